The van der Waals surface area contributed by atoms with E-state index in [0.29, 0.717) is 6.04 Å². The Morgan fingerprint density at radius 1 is 1.17 bits per heavy atom. The van der Waals surface area contributed by atoms with E-state index >= 15 is 0 Å². The molecule has 0 spiro atoms. The molecule has 0 saturated carbocycles. The normalized spacial score (nSPS) is 17.6. The number of rotatable bonds is 6. The van der Waals surface area contributed by atoms with Gasteiger partial charge in [-0.2, -0.15) is 0 Å². The first-order chi connectivity index (χ1) is 11.7. The van der Waals surface area contributed by atoms with Gasteiger partial charge in [-0.15, -0.1) is 0 Å². The molecule has 124 valence electrons. The third-order valence-electron chi connectivity index (χ3n) is 4.19. The highest BCUT2D eigenvalue weighted by Crippen LogP contribution is 2.23. The molecule has 2 aromatic carbocycles. The molecule has 4 heteroatoms. The molecule has 1 N–H and O–H groups in total. The molecule has 0 aromatic heterocycles. The van der Waals surface area contributed by atoms with E-state index in [4.69, 9.17) is 4.74 Å². The first-order valence-electron chi connectivity index (χ1n) is 8.24. The second-order valence-electron chi connectivity index (χ2n) is 5.97. The standard InChI is InChI=1S/C20H23N3O/c1-14(17-7-5-4-6-8-17)21-12-16-9-10-20(24-3)18(11-16)19-13-22-15(2)23-19/h4-11,13-15,21H,12H2,1-3H3/t14-,15?/m1/s1. The molecule has 2 atom stereocenters. The molecule has 24 heavy (non-hydrogen) atoms. The van der Waals surface area contributed by atoms with E-state index in [0.717, 1.165) is 23.6 Å². The number of nitrogens with zero attached hydrogens (tertiary/aromatic N) is 2. The van der Waals surface area contributed by atoms with E-state index in [9.17, 15) is 0 Å². The average molecular weight is 321 g/mol. The summed E-state index contributed by atoms with van der Waals surface area (Å²) in [5.74, 6) is 0.828. The predicted octanol–water partition coefficient (Wildman–Crippen LogP) is 3.77. The first kappa shape index (κ1) is 16.4. The molecule has 3 rings (SSSR count). The summed E-state index contributed by atoms with van der Waals surface area (Å²) in [5.41, 5.74) is 4.37. The fourth-order valence-electron chi connectivity index (χ4n) is 2.78. The summed E-state index contributed by atoms with van der Waals surface area (Å²) in [5, 5.41) is 3.56. The molecule has 2 aromatic rings. The summed E-state index contributed by atoms with van der Waals surface area (Å²) in [4.78, 5) is 8.86. The van der Waals surface area contributed by atoms with Crippen molar-refractivity contribution in [1.29, 1.82) is 0 Å². The van der Waals surface area contributed by atoms with Crippen molar-refractivity contribution in [2.75, 3.05) is 7.11 Å². The largest absolute Gasteiger partial charge is 0.496 e. The Balaban J connectivity index is 1.75. The number of nitrogens with one attached hydrogen (secondary N) is 1. The van der Waals surface area contributed by atoms with Gasteiger partial charge in [-0.05, 0) is 37.1 Å². The van der Waals surface area contributed by atoms with Crippen molar-refractivity contribution in [2.45, 2.75) is 32.6 Å². The molecular formula is C20H23N3O. The lowest BCUT2D eigenvalue weighted by Gasteiger charge is -2.15. The third kappa shape index (κ3) is 3.71. The van der Waals surface area contributed by atoms with E-state index in [1.54, 1.807) is 7.11 Å². The second-order valence-corrected chi connectivity index (χ2v) is 5.97. The SMILES string of the molecule is COc1ccc(CN[C@H](C)c2ccccc2)cc1C1=NC(C)N=C1. The highest BCUT2D eigenvalue weighted by molar-refractivity contribution is 6.40. The van der Waals surface area contributed by atoms with E-state index in [1.807, 2.05) is 25.3 Å². The molecule has 0 amide bonds. The van der Waals surface area contributed by atoms with E-state index < -0.39 is 0 Å². The Labute approximate surface area is 143 Å². The van der Waals surface area contributed by atoms with Gasteiger partial charge in [0.2, 0.25) is 0 Å². The van der Waals surface area contributed by atoms with Gasteiger partial charge in [0, 0.05) is 24.4 Å². The fraction of sp³-hybridized carbons (Fsp3) is 0.300. The van der Waals surface area contributed by atoms with Crippen molar-refractivity contribution in [2.24, 2.45) is 9.98 Å². The molecule has 0 bridgehead atoms. The highest BCUT2D eigenvalue weighted by atomic mass is 16.5. The summed E-state index contributed by atoms with van der Waals surface area (Å²) in [6.07, 6.45) is 1.82. The van der Waals surface area contributed by atoms with Crippen molar-refractivity contribution in [1.82, 2.24) is 5.32 Å². The van der Waals surface area contributed by atoms with Gasteiger partial charge in [-0.3, -0.25) is 9.98 Å². The maximum Gasteiger partial charge on any atom is 0.137 e. The molecule has 1 aliphatic heterocycles. The monoisotopic (exact) mass is 321 g/mol. The van der Waals surface area contributed by atoms with Crippen LogP contribution in [0.5, 0.6) is 5.75 Å². The Bertz CT molecular complexity index is 753. The van der Waals surface area contributed by atoms with E-state index in [-0.39, 0.29) is 6.17 Å². The van der Waals surface area contributed by atoms with Crippen LogP contribution < -0.4 is 10.1 Å². The summed E-state index contributed by atoms with van der Waals surface area (Å²) < 4.78 is 5.48. The van der Waals surface area contributed by atoms with Crippen molar-refractivity contribution in [3.05, 3.63) is 65.2 Å². The summed E-state index contributed by atoms with van der Waals surface area (Å²) in [7, 11) is 1.68. The van der Waals surface area contributed by atoms with Gasteiger partial charge in [0.25, 0.3) is 0 Å². The van der Waals surface area contributed by atoms with Crippen molar-refractivity contribution < 1.29 is 4.74 Å². The molecule has 0 saturated heterocycles. The van der Waals surface area contributed by atoms with Crippen LogP contribution in [0.4, 0.5) is 0 Å². The minimum Gasteiger partial charge on any atom is -0.496 e. The van der Waals surface area contributed by atoms with Crippen LogP contribution in [-0.4, -0.2) is 25.2 Å². The molecular weight excluding hydrogens is 298 g/mol. The van der Waals surface area contributed by atoms with Crippen LogP contribution in [0.1, 0.15) is 36.6 Å². The minimum atomic E-state index is -0.00964. The summed E-state index contributed by atoms with van der Waals surface area (Å²) in [6.45, 7) is 4.94. The molecule has 0 aliphatic carbocycles. The lowest BCUT2D eigenvalue weighted by Crippen LogP contribution is -2.18. The average Bonchev–Trinajstić information content (AvgIpc) is 3.06. The Kier molecular flexibility index (Phi) is 5.06. The van der Waals surface area contributed by atoms with Gasteiger partial charge in [-0.1, -0.05) is 36.4 Å². The zero-order valence-corrected chi connectivity index (χ0v) is 14.4. The van der Waals surface area contributed by atoms with Crippen molar-refractivity contribution in [3.8, 4) is 5.75 Å². The molecule has 0 fully saturated rings. The zero-order chi connectivity index (χ0) is 16.9. The number of methoxy groups -OCH3 is 1. The Morgan fingerprint density at radius 3 is 2.62 bits per heavy atom. The number of aliphatic imine (C=N–C) groups is 2. The van der Waals surface area contributed by atoms with E-state index in [1.165, 1.54) is 11.1 Å². The van der Waals surface area contributed by atoms with Gasteiger partial charge >= 0.3 is 0 Å². The van der Waals surface area contributed by atoms with Crippen molar-refractivity contribution in [3.63, 3.8) is 0 Å². The van der Waals surface area contributed by atoms with Crippen LogP contribution in [0.15, 0.2) is 58.5 Å². The maximum atomic E-state index is 5.48. The van der Waals surface area contributed by atoms with Crippen LogP contribution >= 0.6 is 0 Å². The van der Waals surface area contributed by atoms with Crippen LogP contribution in [0.25, 0.3) is 0 Å². The fourth-order valence-corrected chi connectivity index (χ4v) is 2.78. The lowest BCUT2D eigenvalue weighted by atomic mass is 10.0. The van der Waals surface area contributed by atoms with Crippen LogP contribution in [0, 0.1) is 0 Å². The highest BCUT2D eigenvalue weighted by Gasteiger charge is 2.15. The number of benzene rings is 2. The second kappa shape index (κ2) is 7.41. The summed E-state index contributed by atoms with van der Waals surface area (Å²) in [6, 6.07) is 17.0. The van der Waals surface area contributed by atoms with Gasteiger partial charge in [0.1, 0.15) is 11.9 Å². The number of hydrogen-bond acceptors (Lipinski definition) is 4. The molecule has 1 unspecified atom stereocenters. The zero-order valence-electron chi connectivity index (χ0n) is 14.4. The summed E-state index contributed by atoms with van der Waals surface area (Å²) >= 11 is 0. The predicted molar refractivity (Wildman–Crippen MR) is 99.2 cm³/mol. The molecule has 1 aliphatic rings. The number of hydrogen-bond donors (Lipinski definition) is 1. The van der Waals surface area contributed by atoms with Gasteiger partial charge < -0.3 is 10.1 Å². The molecule has 4 nitrogen and oxygen atoms in total. The van der Waals surface area contributed by atoms with Gasteiger partial charge in [0.15, 0.2) is 0 Å². The molecule has 0 radical (unpaired) electrons. The van der Waals surface area contributed by atoms with Crippen LogP contribution in [0.2, 0.25) is 0 Å². The quantitative estimate of drug-likeness (QED) is 0.880. The smallest absolute Gasteiger partial charge is 0.137 e. The Hall–Kier alpha value is -2.46. The van der Waals surface area contributed by atoms with Gasteiger partial charge in [0.05, 0.1) is 12.8 Å². The first-order valence-corrected chi connectivity index (χ1v) is 8.24. The van der Waals surface area contributed by atoms with Crippen LogP contribution in [-0.2, 0) is 6.54 Å². The topological polar surface area (TPSA) is 46.0 Å². The third-order valence-corrected chi connectivity index (χ3v) is 4.19. The van der Waals surface area contributed by atoms with Gasteiger partial charge in [-0.25, -0.2) is 0 Å². The van der Waals surface area contributed by atoms with E-state index in [2.05, 4.69) is 58.6 Å². The Morgan fingerprint density at radius 2 is 1.96 bits per heavy atom. The minimum absolute atomic E-state index is 0.00964. The number of ether oxygens (including phenoxy) is 1. The lowest BCUT2D eigenvalue weighted by molar-refractivity contribution is 0.413. The van der Waals surface area contributed by atoms with Crippen molar-refractivity contribution >= 4 is 11.9 Å². The van der Waals surface area contributed by atoms with Crippen LogP contribution in [0.3, 0.4) is 0 Å². The maximum absolute atomic E-state index is 5.48. The molecule has 1 heterocycles.